The van der Waals surface area contributed by atoms with Gasteiger partial charge in [-0.05, 0) is 19.8 Å². The summed E-state index contributed by atoms with van der Waals surface area (Å²) in [5.41, 5.74) is 4.48. The Morgan fingerprint density at radius 1 is 1.40 bits per heavy atom. The number of aliphatic hydroxyl groups is 1. The molecule has 0 aliphatic carbocycles. The van der Waals surface area contributed by atoms with E-state index in [1.807, 2.05) is 13.8 Å². The summed E-state index contributed by atoms with van der Waals surface area (Å²) in [4.78, 5) is 27.8. The number of rotatable bonds is 5. The minimum atomic E-state index is -0.665. The predicted molar refractivity (Wildman–Crippen MR) is 80.1 cm³/mol. The summed E-state index contributed by atoms with van der Waals surface area (Å²) >= 11 is 0. The van der Waals surface area contributed by atoms with E-state index in [0.29, 0.717) is 6.54 Å². The zero-order valence-corrected chi connectivity index (χ0v) is 12.7. The van der Waals surface area contributed by atoms with Crippen LogP contribution in [0.15, 0.2) is 9.59 Å². The molecule has 0 amide bonds. The molecule has 0 unspecified atom stereocenters. The Bertz CT molecular complexity index is 586. The molecule has 1 rings (SSSR count). The van der Waals surface area contributed by atoms with Gasteiger partial charge in [-0.15, -0.1) is 0 Å². The molecule has 0 aliphatic rings. The highest BCUT2D eigenvalue weighted by Gasteiger charge is 2.28. The maximum Gasteiger partial charge on any atom is 0.330 e. The van der Waals surface area contributed by atoms with E-state index < -0.39 is 16.8 Å². The number of nitrogens with one attached hydrogen (secondary N) is 1. The predicted octanol–water partition coefficient (Wildman–Crippen LogP) is -0.0181. The van der Waals surface area contributed by atoms with Gasteiger partial charge in [-0.1, -0.05) is 13.8 Å². The standard InChI is InChI=1S/C13H24N4O3/c1-8(2)6-17-10(14)9(11(19)15-12(17)20)16(5)13(3,4)7-18/h8,18H,6-7,14H2,1-5H3,(H,15,19,20). The van der Waals surface area contributed by atoms with E-state index in [9.17, 15) is 14.7 Å². The number of aliphatic hydroxyl groups excluding tert-OH is 1. The minimum absolute atomic E-state index is 0.122. The lowest BCUT2D eigenvalue weighted by atomic mass is 10.0. The molecule has 1 aromatic rings. The smallest absolute Gasteiger partial charge is 0.330 e. The first-order valence-electron chi connectivity index (χ1n) is 6.59. The van der Waals surface area contributed by atoms with E-state index in [2.05, 4.69) is 4.98 Å². The molecule has 0 saturated carbocycles. The largest absolute Gasteiger partial charge is 0.394 e. The van der Waals surface area contributed by atoms with Gasteiger partial charge in [0, 0.05) is 13.6 Å². The van der Waals surface area contributed by atoms with Crippen molar-refractivity contribution < 1.29 is 5.11 Å². The zero-order valence-electron chi connectivity index (χ0n) is 12.7. The Hall–Kier alpha value is -1.76. The third-order valence-corrected chi connectivity index (χ3v) is 3.39. The highest BCUT2D eigenvalue weighted by atomic mass is 16.3. The number of H-pyrrole nitrogens is 1. The van der Waals surface area contributed by atoms with E-state index >= 15 is 0 Å². The Morgan fingerprint density at radius 3 is 2.40 bits per heavy atom. The van der Waals surface area contributed by atoms with Crippen molar-refractivity contribution in [1.29, 1.82) is 0 Å². The number of hydrogen-bond donors (Lipinski definition) is 3. The van der Waals surface area contributed by atoms with Crippen molar-refractivity contribution in [3.05, 3.63) is 20.8 Å². The molecule has 20 heavy (non-hydrogen) atoms. The first-order valence-corrected chi connectivity index (χ1v) is 6.59. The molecule has 0 bridgehead atoms. The van der Waals surface area contributed by atoms with Gasteiger partial charge in [0.1, 0.15) is 11.5 Å². The number of nitrogens with zero attached hydrogens (tertiary/aromatic N) is 2. The van der Waals surface area contributed by atoms with Crippen LogP contribution in [0.3, 0.4) is 0 Å². The van der Waals surface area contributed by atoms with Crippen LogP contribution in [0.2, 0.25) is 0 Å². The van der Waals surface area contributed by atoms with Crippen LogP contribution in [-0.2, 0) is 6.54 Å². The maximum absolute atomic E-state index is 12.0. The molecule has 0 aromatic carbocycles. The van der Waals surface area contributed by atoms with Gasteiger partial charge in [0.15, 0.2) is 0 Å². The van der Waals surface area contributed by atoms with Crippen molar-refractivity contribution >= 4 is 11.5 Å². The second-order valence-corrected chi connectivity index (χ2v) is 6.03. The van der Waals surface area contributed by atoms with Crippen LogP contribution in [0, 0.1) is 5.92 Å². The molecule has 114 valence electrons. The van der Waals surface area contributed by atoms with Gasteiger partial charge in [0.2, 0.25) is 0 Å². The van der Waals surface area contributed by atoms with Crippen LogP contribution in [0.4, 0.5) is 11.5 Å². The average molecular weight is 284 g/mol. The summed E-state index contributed by atoms with van der Waals surface area (Å²) in [7, 11) is 1.67. The van der Waals surface area contributed by atoms with Crippen molar-refractivity contribution in [2.24, 2.45) is 5.92 Å². The van der Waals surface area contributed by atoms with Gasteiger partial charge >= 0.3 is 5.69 Å². The molecule has 7 nitrogen and oxygen atoms in total. The van der Waals surface area contributed by atoms with E-state index in [-0.39, 0.29) is 24.0 Å². The number of anilines is 2. The third kappa shape index (κ3) is 3.04. The Morgan fingerprint density at radius 2 is 1.95 bits per heavy atom. The fourth-order valence-corrected chi connectivity index (χ4v) is 1.86. The van der Waals surface area contributed by atoms with E-state index in [1.54, 1.807) is 25.8 Å². The number of nitrogen functional groups attached to an aromatic ring is 1. The molecule has 0 fully saturated rings. The van der Waals surface area contributed by atoms with Crippen LogP contribution in [-0.4, -0.2) is 33.9 Å². The first-order chi connectivity index (χ1) is 9.11. The second-order valence-electron chi connectivity index (χ2n) is 6.03. The average Bonchev–Trinajstić information content (AvgIpc) is 2.33. The summed E-state index contributed by atoms with van der Waals surface area (Å²) in [6, 6.07) is 0. The molecule has 1 aromatic heterocycles. The maximum atomic E-state index is 12.0. The summed E-state index contributed by atoms with van der Waals surface area (Å²) in [5, 5.41) is 9.41. The topological polar surface area (TPSA) is 104 Å². The molecule has 0 radical (unpaired) electrons. The van der Waals surface area contributed by atoms with Crippen LogP contribution >= 0.6 is 0 Å². The fourth-order valence-electron chi connectivity index (χ4n) is 1.86. The van der Waals surface area contributed by atoms with Crippen LogP contribution in [0.1, 0.15) is 27.7 Å². The number of aromatic nitrogens is 2. The molecular formula is C13H24N4O3. The van der Waals surface area contributed by atoms with E-state index in [0.717, 1.165) is 0 Å². The van der Waals surface area contributed by atoms with Crippen molar-refractivity contribution in [2.45, 2.75) is 39.8 Å². The molecule has 0 atom stereocenters. The van der Waals surface area contributed by atoms with Crippen molar-refractivity contribution in [1.82, 2.24) is 9.55 Å². The molecule has 0 spiro atoms. The molecule has 1 heterocycles. The van der Waals surface area contributed by atoms with Gasteiger partial charge in [0.25, 0.3) is 5.56 Å². The number of hydrogen-bond acceptors (Lipinski definition) is 5. The van der Waals surface area contributed by atoms with E-state index in [1.165, 1.54) is 4.57 Å². The first kappa shape index (κ1) is 16.3. The van der Waals surface area contributed by atoms with Crippen LogP contribution in [0.25, 0.3) is 0 Å². The third-order valence-electron chi connectivity index (χ3n) is 3.39. The highest BCUT2D eigenvalue weighted by molar-refractivity contribution is 5.63. The lowest BCUT2D eigenvalue weighted by Gasteiger charge is -2.36. The van der Waals surface area contributed by atoms with Crippen molar-refractivity contribution in [3.8, 4) is 0 Å². The summed E-state index contributed by atoms with van der Waals surface area (Å²) in [6.07, 6.45) is 0. The molecule has 0 saturated heterocycles. The normalized spacial score (nSPS) is 11.9. The minimum Gasteiger partial charge on any atom is -0.394 e. The van der Waals surface area contributed by atoms with Gasteiger partial charge < -0.3 is 15.7 Å². The molecule has 7 heteroatoms. The number of likely N-dealkylation sites (N-methyl/N-ethyl adjacent to an activating group) is 1. The summed E-state index contributed by atoms with van der Waals surface area (Å²) < 4.78 is 1.35. The Balaban J connectivity index is 3.49. The van der Waals surface area contributed by atoms with Crippen molar-refractivity contribution in [2.75, 3.05) is 24.3 Å². The molecular weight excluding hydrogens is 260 g/mol. The zero-order chi connectivity index (χ0) is 15.7. The SMILES string of the molecule is CC(C)Cn1c(N)c(N(C)C(C)(C)CO)c(=O)[nH]c1=O. The lowest BCUT2D eigenvalue weighted by molar-refractivity contribution is 0.216. The highest BCUT2D eigenvalue weighted by Crippen LogP contribution is 2.23. The van der Waals surface area contributed by atoms with Gasteiger partial charge in [-0.3, -0.25) is 14.3 Å². The fraction of sp³-hybridized carbons (Fsp3) is 0.692. The van der Waals surface area contributed by atoms with Crippen LogP contribution < -0.4 is 21.9 Å². The summed E-state index contributed by atoms with van der Waals surface area (Å²) in [5.74, 6) is 0.335. The Labute approximate surface area is 118 Å². The van der Waals surface area contributed by atoms with Crippen molar-refractivity contribution in [3.63, 3.8) is 0 Å². The number of aromatic amines is 1. The van der Waals surface area contributed by atoms with Gasteiger partial charge in [0.05, 0.1) is 12.1 Å². The summed E-state index contributed by atoms with van der Waals surface area (Å²) in [6.45, 7) is 7.75. The van der Waals surface area contributed by atoms with Crippen LogP contribution in [0.5, 0.6) is 0 Å². The quantitative estimate of drug-likeness (QED) is 0.705. The molecule has 0 aliphatic heterocycles. The monoisotopic (exact) mass is 284 g/mol. The van der Waals surface area contributed by atoms with Gasteiger partial charge in [-0.25, -0.2) is 4.79 Å². The molecule has 4 N–H and O–H groups in total. The Kier molecular flexibility index (Phi) is 4.65. The van der Waals surface area contributed by atoms with E-state index in [4.69, 9.17) is 5.73 Å². The second kappa shape index (κ2) is 5.70. The lowest BCUT2D eigenvalue weighted by Crippen LogP contribution is -2.48. The van der Waals surface area contributed by atoms with Gasteiger partial charge in [-0.2, -0.15) is 0 Å². The number of nitrogens with two attached hydrogens (primary N) is 1.